The molecular weight excluding hydrogens is 422 g/mol. The van der Waals surface area contributed by atoms with E-state index in [0.29, 0.717) is 30.3 Å². The minimum atomic E-state index is -0.720. The Kier molecular flexibility index (Phi) is 6.17. The Morgan fingerprint density at radius 2 is 1.73 bits per heavy atom. The number of nitrogens with zero attached hydrogens (tertiary/aromatic N) is 1. The van der Waals surface area contributed by atoms with Gasteiger partial charge in [0.1, 0.15) is 19.0 Å². The van der Waals surface area contributed by atoms with Crippen molar-refractivity contribution in [1.29, 1.82) is 0 Å². The first kappa shape index (κ1) is 22.9. The van der Waals surface area contributed by atoms with E-state index in [2.05, 4.69) is 20.8 Å². The second-order valence-electron chi connectivity index (χ2n) is 9.22. The molecule has 33 heavy (non-hydrogen) atoms. The van der Waals surface area contributed by atoms with Crippen LogP contribution in [0.4, 0.5) is 0 Å². The summed E-state index contributed by atoms with van der Waals surface area (Å²) in [7, 11) is 1.54. The van der Waals surface area contributed by atoms with Crippen molar-refractivity contribution < 1.29 is 28.9 Å². The zero-order valence-corrected chi connectivity index (χ0v) is 19.4. The number of ketones is 1. The quantitative estimate of drug-likeness (QED) is 0.423. The van der Waals surface area contributed by atoms with Crippen molar-refractivity contribution in [2.24, 2.45) is 0 Å². The predicted molar refractivity (Wildman–Crippen MR) is 123 cm³/mol. The first-order chi connectivity index (χ1) is 15.7. The minimum Gasteiger partial charge on any atom is -0.507 e. The van der Waals surface area contributed by atoms with Crippen LogP contribution in [0.25, 0.3) is 5.76 Å². The SMILES string of the molecule is COCCN1C(=O)C(=O)/C(=C(\O)c2ccc3c(c2)OCCO3)C1c1ccc(C(C)(C)C)cc1. The minimum absolute atomic E-state index is 0.0401. The number of aliphatic hydroxyl groups excluding tert-OH is 1. The molecule has 2 heterocycles. The summed E-state index contributed by atoms with van der Waals surface area (Å²) < 4.78 is 16.3. The van der Waals surface area contributed by atoms with Crippen molar-refractivity contribution in [3.63, 3.8) is 0 Å². The van der Waals surface area contributed by atoms with E-state index in [1.807, 2.05) is 24.3 Å². The highest BCUT2D eigenvalue weighted by atomic mass is 16.6. The van der Waals surface area contributed by atoms with E-state index in [4.69, 9.17) is 14.2 Å². The maximum Gasteiger partial charge on any atom is 0.295 e. The van der Waals surface area contributed by atoms with Crippen molar-refractivity contribution in [3.05, 3.63) is 64.7 Å². The Labute approximate surface area is 193 Å². The van der Waals surface area contributed by atoms with Crippen LogP contribution >= 0.6 is 0 Å². The van der Waals surface area contributed by atoms with Crippen LogP contribution in [0.3, 0.4) is 0 Å². The molecule has 2 aromatic carbocycles. The monoisotopic (exact) mass is 451 g/mol. The maximum absolute atomic E-state index is 13.1. The first-order valence-corrected chi connectivity index (χ1v) is 11.0. The Balaban J connectivity index is 1.81. The summed E-state index contributed by atoms with van der Waals surface area (Å²) in [4.78, 5) is 27.5. The lowest BCUT2D eigenvalue weighted by Crippen LogP contribution is -2.32. The number of rotatable bonds is 5. The number of methoxy groups -OCH3 is 1. The number of benzene rings is 2. The van der Waals surface area contributed by atoms with E-state index in [9.17, 15) is 14.7 Å². The zero-order chi connectivity index (χ0) is 23.8. The molecule has 0 radical (unpaired) electrons. The molecular formula is C26H29NO6. The number of carbonyl (C=O) groups is 2. The largest absolute Gasteiger partial charge is 0.507 e. The van der Waals surface area contributed by atoms with Gasteiger partial charge in [0.05, 0.1) is 18.2 Å². The molecule has 2 aliphatic heterocycles. The van der Waals surface area contributed by atoms with Gasteiger partial charge in [0.2, 0.25) is 0 Å². The van der Waals surface area contributed by atoms with Crippen LogP contribution in [-0.4, -0.2) is 55.2 Å². The van der Waals surface area contributed by atoms with Gasteiger partial charge in [-0.05, 0) is 34.7 Å². The number of fused-ring (bicyclic) bond motifs is 1. The lowest BCUT2D eigenvalue weighted by molar-refractivity contribution is -0.140. The molecule has 0 aliphatic carbocycles. The maximum atomic E-state index is 13.1. The van der Waals surface area contributed by atoms with Crippen LogP contribution in [0.5, 0.6) is 11.5 Å². The molecule has 2 aromatic rings. The Hall–Kier alpha value is -3.32. The normalized spacial score (nSPS) is 19.8. The van der Waals surface area contributed by atoms with Gasteiger partial charge in [0.25, 0.3) is 11.7 Å². The Morgan fingerprint density at radius 3 is 2.36 bits per heavy atom. The van der Waals surface area contributed by atoms with Gasteiger partial charge in [-0.2, -0.15) is 0 Å². The fraction of sp³-hybridized carbons (Fsp3) is 0.385. The molecule has 174 valence electrons. The fourth-order valence-corrected chi connectivity index (χ4v) is 4.16. The summed E-state index contributed by atoms with van der Waals surface area (Å²) in [5.74, 6) is -0.549. The number of carbonyl (C=O) groups excluding carboxylic acids is 2. The van der Waals surface area contributed by atoms with E-state index in [1.54, 1.807) is 25.3 Å². The summed E-state index contributed by atoms with van der Waals surface area (Å²) in [5, 5.41) is 11.2. The van der Waals surface area contributed by atoms with Gasteiger partial charge in [-0.25, -0.2) is 0 Å². The molecule has 1 saturated heterocycles. The van der Waals surface area contributed by atoms with Gasteiger partial charge in [-0.1, -0.05) is 45.0 Å². The van der Waals surface area contributed by atoms with Crippen LogP contribution in [0.15, 0.2) is 48.0 Å². The third kappa shape index (κ3) is 4.33. The highest BCUT2D eigenvalue weighted by Crippen LogP contribution is 2.41. The first-order valence-electron chi connectivity index (χ1n) is 11.0. The zero-order valence-electron chi connectivity index (χ0n) is 19.4. The van der Waals surface area contributed by atoms with Gasteiger partial charge >= 0.3 is 0 Å². The van der Waals surface area contributed by atoms with Crippen LogP contribution in [-0.2, 0) is 19.7 Å². The smallest absolute Gasteiger partial charge is 0.295 e. The van der Waals surface area contributed by atoms with Gasteiger partial charge in [-0.3, -0.25) is 9.59 Å². The molecule has 1 fully saturated rings. The third-order valence-corrected chi connectivity index (χ3v) is 5.98. The average molecular weight is 452 g/mol. The number of amides is 1. The molecule has 1 N–H and O–H groups in total. The number of hydrogen-bond donors (Lipinski definition) is 1. The van der Waals surface area contributed by atoms with E-state index in [0.717, 1.165) is 11.1 Å². The summed E-state index contributed by atoms with van der Waals surface area (Å²) in [6.07, 6.45) is 0. The highest BCUT2D eigenvalue weighted by Gasteiger charge is 2.46. The number of hydrogen-bond acceptors (Lipinski definition) is 6. The predicted octanol–water partition coefficient (Wildman–Crippen LogP) is 3.82. The van der Waals surface area contributed by atoms with Crippen molar-refractivity contribution >= 4 is 17.4 Å². The lowest BCUT2D eigenvalue weighted by atomic mass is 9.85. The number of ether oxygens (including phenoxy) is 3. The van der Waals surface area contributed by atoms with Crippen LogP contribution in [0.1, 0.15) is 43.5 Å². The molecule has 7 heteroatoms. The molecule has 0 spiro atoms. The Morgan fingerprint density at radius 1 is 1.06 bits per heavy atom. The molecule has 2 aliphatic rings. The van der Waals surface area contributed by atoms with Crippen molar-refractivity contribution in [2.45, 2.75) is 32.2 Å². The molecule has 0 aromatic heterocycles. The fourth-order valence-electron chi connectivity index (χ4n) is 4.16. The molecule has 7 nitrogen and oxygen atoms in total. The average Bonchev–Trinajstić information content (AvgIpc) is 3.06. The topological polar surface area (TPSA) is 85.3 Å². The lowest BCUT2D eigenvalue weighted by Gasteiger charge is -2.26. The Bertz CT molecular complexity index is 1100. The molecule has 1 unspecified atom stereocenters. The second kappa shape index (κ2) is 8.90. The van der Waals surface area contributed by atoms with Crippen LogP contribution in [0, 0.1) is 0 Å². The van der Waals surface area contributed by atoms with E-state index in [1.165, 1.54) is 4.90 Å². The molecule has 0 saturated carbocycles. The number of aliphatic hydroxyl groups is 1. The standard InChI is InChI=1S/C26H29NO6/c1-26(2,3)18-8-5-16(6-9-18)22-21(24(29)25(30)27(22)11-12-31-4)23(28)17-7-10-19-20(15-17)33-14-13-32-19/h5-10,15,22,28H,11-14H2,1-4H3/b23-21-. The molecule has 1 atom stereocenters. The van der Waals surface area contributed by atoms with Gasteiger partial charge < -0.3 is 24.2 Å². The number of Topliss-reactive ketones (excluding diaryl/α,β-unsaturated/α-hetero) is 1. The molecule has 0 bridgehead atoms. The highest BCUT2D eigenvalue weighted by molar-refractivity contribution is 6.46. The van der Waals surface area contributed by atoms with Gasteiger partial charge in [-0.15, -0.1) is 0 Å². The van der Waals surface area contributed by atoms with Crippen LogP contribution < -0.4 is 9.47 Å². The van der Waals surface area contributed by atoms with Crippen LogP contribution in [0.2, 0.25) is 0 Å². The third-order valence-electron chi connectivity index (χ3n) is 5.98. The van der Waals surface area contributed by atoms with E-state index < -0.39 is 17.7 Å². The second-order valence-corrected chi connectivity index (χ2v) is 9.22. The van der Waals surface area contributed by atoms with E-state index >= 15 is 0 Å². The summed E-state index contributed by atoms with van der Waals surface area (Å²) in [6, 6.07) is 12.1. The molecule has 4 rings (SSSR count). The van der Waals surface area contributed by atoms with Crippen molar-refractivity contribution in [1.82, 2.24) is 4.90 Å². The van der Waals surface area contributed by atoms with Crippen molar-refractivity contribution in [3.8, 4) is 11.5 Å². The summed E-state index contributed by atoms with van der Waals surface area (Å²) in [6.45, 7) is 7.71. The number of likely N-dealkylation sites (tertiary alicyclic amines) is 1. The van der Waals surface area contributed by atoms with Gasteiger partial charge in [0.15, 0.2) is 11.5 Å². The van der Waals surface area contributed by atoms with Gasteiger partial charge in [0, 0.05) is 19.2 Å². The molecule has 1 amide bonds. The summed E-state index contributed by atoms with van der Waals surface area (Å²) >= 11 is 0. The summed E-state index contributed by atoms with van der Waals surface area (Å²) in [5.41, 5.74) is 2.28. The van der Waals surface area contributed by atoms with E-state index in [-0.39, 0.29) is 29.9 Å². The van der Waals surface area contributed by atoms with Crippen molar-refractivity contribution in [2.75, 3.05) is 33.5 Å².